The van der Waals surface area contributed by atoms with Crippen LogP contribution >= 0.6 is 22.9 Å². The van der Waals surface area contributed by atoms with Crippen molar-refractivity contribution in [2.75, 3.05) is 0 Å². The van der Waals surface area contributed by atoms with Crippen LogP contribution in [-0.4, -0.2) is 15.2 Å². The van der Waals surface area contributed by atoms with E-state index >= 15 is 0 Å². The van der Waals surface area contributed by atoms with Crippen molar-refractivity contribution >= 4 is 39.5 Å². The smallest absolute Gasteiger partial charge is 0.188 e. The predicted octanol–water partition coefficient (Wildman–Crippen LogP) is 4.06. The molecule has 0 fully saturated rings. The molecule has 0 amide bonds. The molecule has 0 aliphatic carbocycles. The summed E-state index contributed by atoms with van der Waals surface area (Å²) < 4.78 is 39.3. The van der Waals surface area contributed by atoms with Gasteiger partial charge in [0.15, 0.2) is 5.78 Å². The minimum Gasteiger partial charge on any atom is -0.292 e. The molecule has 0 spiro atoms. The van der Waals surface area contributed by atoms with Crippen molar-refractivity contribution in [3.63, 3.8) is 0 Å². The summed E-state index contributed by atoms with van der Waals surface area (Å²) in [4.78, 5) is 12.1. The van der Waals surface area contributed by atoms with Gasteiger partial charge in [-0.15, -0.1) is 11.3 Å². The molecule has 0 aliphatic rings. The highest BCUT2D eigenvalue weighted by Gasteiger charge is 2.26. The van der Waals surface area contributed by atoms with E-state index in [2.05, 4.69) is 0 Å². The van der Waals surface area contributed by atoms with E-state index in [1.165, 1.54) is 13.0 Å². The van der Waals surface area contributed by atoms with Gasteiger partial charge in [-0.2, -0.15) is 0 Å². The maximum absolute atomic E-state index is 13.6. The van der Waals surface area contributed by atoms with Crippen LogP contribution in [0.15, 0.2) is 35.2 Å². The molecule has 2 unspecified atom stereocenters. The van der Waals surface area contributed by atoms with Crippen molar-refractivity contribution in [3.05, 3.63) is 51.2 Å². The second kappa shape index (κ2) is 6.11. The third-order valence-electron chi connectivity index (χ3n) is 2.62. The van der Waals surface area contributed by atoms with Crippen LogP contribution in [0, 0.1) is 11.6 Å². The van der Waals surface area contributed by atoms with E-state index in [4.69, 9.17) is 11.6 Å². The first-order valence-corrected chi connectivity index (χ1v) is 7.96. The van der Waals surface area contributed by atoms with Crippen LogP contribution in [0.25, 0.3) is 0 Å². The number of rotatable bonds is 4. The third-order valence-corrected chi connectivity index (χ3v) is 5.46. The summed E-state index contributed by atoms with van der Waals surface area (Å²) in [5.41, 5.74) is 0. The molecule has 1 heterocycles. The summed E-state index contributed by atoms with van der Waals surface area (Å²) in [7, 11) is -1.97. The number of carbonyl (C=O) groups excluding carboxylic acids is 1. The van der Waals surface area contributed by atoms with Gasteiger partial charge in [0.2, 0.25) is 0 Å². The summed E-state index contributed by atoms with van der Waals surface area (Å²) in [6.45, 7) is 1.41. The van der Waals surface area contributed by atoms with Gasteiger partial charge in [-0.25, -0.2) is 8.78 Å². The number of carbonyl (C=O) groups is 1. The first-order valence-electron chi connectivity index (χ1n) is 5.55. The van der Waals surface area contributed by atoms with Crippen LogP contribution in [0.1, 0.15) is 16.6 Å². The molecule has 1 aromatic heterocycles. The van der Waals surface area contributed by atoms with E-state index in [9.17, 15) is 17.8 Å². The van der Waals surface area contributed by atoms with Crippen molar-refractivity contribution in [1.82, 2.24) is 0 Å². The number of hydrogen-bond donors (Lipinski definition) is 0. The lowest BCUT2D eigenvalue weighted by molar-refractivity contribution is 0.0996. The molecule has 20 heavy (non-hydrogen) atoms. The van der Waals surface area contributed by atoms with Gasteiger partial charge in [-0.3, -0.25) is 9.00 Å². The van der Waals surface area contributed by atoms with E-state index in [-0.39, 0.29) is 4.90 Å². The van der Waals surface area contributed by atoms with Crippen molar-refractivity contribution in [2.45, 2.75) is 17.1 Å². The largest absolute Gasteiger partial charge is 0.292 e. The lowest BCUT2D eigenvalue weighted by Crippen LogP contribution is -2.22. The van der Waals surface area contributed by atoms with Gasteiger partial charge < -0.3 is 0 Å². The van der Waals surface area contributed by atoms with Gasteiger partial charge in [-0.1, -0.05) is 11.6 Å². The molecule has 2 rings (SSSR count). The van der Waals surface area contributed by atoms with E-state index in [0.29, 0.717) is 9.21 Å². The lowest BCUT2D eigenvalue weighted by atomic mass is 10.2. The van der Waals surface area contributed by atoms with Crippen LogP contribution in [0.2, 0.25) is 4.34 Å². The van der Waals surface area contributed by atoms with Crippen LogP contribution in [0.5, 0.6) is 0 Å². The zero-order chi connectivity index (χ0) is 14.9. The Labute approximate surface area is 125 Å². The van der Waals surface area contributed by atoms with Gasteiger partial charge in [0.05, 0.1) is 24.9 Å². The summed E-state index contributed by atoms with van der Waals surface area (Å²) in [6.07, 6.45) is 0. The molecule has 7 heteroatoms. The van der Waals surface area contributed by atoms with E-state index in [0.717, 1.165) is 29.5 Å². The summed E-state index contributed by atoms with van der Waals surface area (Å²) in [6, 6.07) is 5.74. The summed E-state index contributed by atoms with van der Waals surface area (Å²) >= 11 is 6.79. The van der Waals surface area contributed by atoms with E-state index < -0.39 is 33.5 Å². The zero-order valence-electron chi connectivity index (χ0n) is 10.2. The van der Waals surface area contributed by atoms with Crippen LogP contribution < -0.4 is 0 Å². The normalized spacial score (nSPS) is 14.0. The van der Waals surface area contributed by atoms with Crippen molar-refractivity contribution in [3.8, 4) is 0 Å². The quantitative estimate of drug-likeness (QED) is 0.790. The van der Waals surface area contributed by atoms with Crippen molar-refractivity contribution < 1.29 is 17.8 Å². The standard InChI is InChI=1S/C13H9ClF2O2S2/c1-7(13(17)10-4-5-12(14)19-10)20(18)11-6-8(15)2-3-9(11)16/h2-7H,1H3. The Morgan fingerprint density at radius 2 is 2.00 bits per heavy atom. The molecule has 0 bridgehead atoms. The Hall–Kier alpha value is -1.11. The van der Waals surface area contributed by atoms with Crippen LogP contribution in [0.3, 0.4) is 0 Å². The van der Waals surface area contributed by atoms with E-state index in [1.54, 1.807) is 6.07 Å². The minimum absolute atomic E-state index is 0.312. The number of benzene rings is 1. The molecular formula is C13H9ClF2O2S2. The summed E-state index contributed by atoms with van der Waals surface area (Å²) in [5.74, 6) is -1.91. The average molecular weight is 335 g/mol. The number of hydrogen-bond acceptors (Lipinski definition) is 3. The Bertz CT molecular complexity index is 685. The van der Waals surface area contributed by atoms with Crippen molar-refractivity contribution in [1.29, 1.82) is 0 Å². The molecule has 0 aliphatic heterocycles. The molecule has 0 N–H and O–H groups in total. The van der Waals surface area contributed by atoms with Crippen LogP contribution in [0.4, 0.5) is 8.78 Å². The Kier molecular flexibility index (Phi) is 4.67. The van der Waals surface area contributed by atoms with Crippen molar-refractivity contribution in [2.24, 2.45) is 0 Å². The van der Waals surface area contributed by atoms with Gasteiger partial charge >= 0.3 is 0 Å². The highest BCUT2D eigenvalue weighted by molar-refractivity contribution is 7.86. The minimum atomic E-state index is -1.97. The zero-order valence-corrected chi connectivity index (χ0v) is 12.6. The highest BCUT2D eigenvalue weighted by atomic mass is 35.5. The molecule has 2 aromatic rings. The molecule has 2 atom stereocenters. The van der Waals surface area contributed by atoms with Gasteiger partial charge in [-0.05, 0) is 37.3 Å². The van der Waals surface area contributed by atoms with Crippen LogP contribution in [-0.2, 0) is 10.8 Å². The molecule has 1 aromatic carbocycles. The number of thiophene rings is 1. The van der Waals surface area contributed by atoms with Gasteiger partial charge in [0, 0.05) is 0 Å². The third kappa shape index (κ3) is 3.13. The Morgan fingerprint density at radius 3 is 2.60 bits per heavy atom. The molecule has 0 saturated heterocycles. The fourth-order valence-electron chi connectivity index (χ4n) is 1.57. The second-order valence-corrected chi connectivity index (χ2v) is 7.44. The lowest BCUT2D eigenvalue weighted by Gasteiger charge is -2.10. The fraction of sp³-hybridized carbons (Fsp3) is 0.154. The first kappa shape index (κ1) is 15.3. The molecule has 2 nitrogen and oxygen atoms in total. The molecule has 0 radical (unpaired) electrons. The fourth-order valence-corrected chi connectivity index (χ4v) is 3.90. The second-order valence-electron chi connectivity index (χ2n) is 3.98. The van der Waals surface area contributed by atoms with Gasteiger partial charge in [0.1, 0.15) is 16.9 Å². The SMILES string of the molecule is CC(C(=O)c1ccc(Cl)s1)S(=O)c1cc(F)ccc1F. The molecule has 106 valence electrons. The first-order chi connectivity index (χ1) is 9.40. The maximum atomic E-state index is 13.6. The average Bonchev–Trinajstić information content (AvgIpc) is 2.85. The Morgan fingerprint density at radius 1 is 1.30 bits per heavy atom. The maximum Gasteiger partial charge on any atom is 0.188 e. The van der Waals surface area contributed by atoms with E-state index in [1.807, 2.05) is 0 Å². The topological polar surface area (TPSA) is 34.1 Å². The summed E-state index contributed by atoms with van der Waals surface area (Å²) in [5, 5.41) is -0.985. The van der Waals surface area contributed by atoms with Gasteiger partial charge in [0.25, 0.3) is 0 Å². The Balaban J connectivity index is 2.28. The number of halogens is 3. The monoisotopic (exact) mass is 334 g/mol. The molecule has 0 saturated carbocycles. The number of Topliss-reactive ketones (excluding diaryl/α,β-unsaturated/α-hetero) is 1. The molecular weight excluding hydrogens is 326 g/mol. The number of ketones is 1. The highest BCUT2D eigenvalue weighted by Crippen LogP contribution is 2.25. The predicted molar refractivity (Wildman–Crippen MR) is 75.9 cm³/mol.